The summed E-state index contributed by atoms with van der Waals surface area (Å²) >= 11 is 6.07. The summed E-state index contributed by atoms with van der Waals surface area (Å²) in [6.45, 7) is 1.85. The Balaban J connectivity index is 1.72. The second kappa shape index (κ2) is 7.34. The van der Waals surface area contributed by atoms with Gasteiger partial charge in [-0.05, 0) is 63.3 Å². The number of ether oxygens (including phenoxy) is 1. The molecule has 2 aliphatic rings. The first-order valence-electron chi connectivity index (χ1n) is 8.20. The maximum atomic E-state index is 12.6. The van der Waals surface area contributed by atoms with Crippen LogP contribution < -0.4 is 15.4 Å². The molecule has 0 aromatic heterocycles. The van der Waals surface area contributed by atoms with E-state index < -0.39 is 0 Å². The van der Waals surface area contributed by atoms with Gasteiger partial charge in [0.1, 0.15) is 5.75 Å². The van der Waals surface area contributed by atoms with Gasteiger partial charge in [0.25, 0.3) is 5.91 Å². The van der Waals surface area contributed by atoms with Crippen molar-refractivity contribution in [2.75, 3.05) is 13.1 Å². The quantitative estimate of drug-likeness (QED) is 0.895. The minimum atomic E-state index is -0.0933. The maximum Gasteiger partial charge on any atom is 0.255 e. The van der Waals surface area contributed by atoms with Gasteiger partial charge >= 0.3 is 0 Å². The van der Waals surface area contributed by atoms with Crippen molar-refractivity contribution in [1.29, 1.82) is 0 Å². The molecule has 1 unspecified atom stereocenters. The van der Waals surface area contributed by atoms with E-state index >= 15 is 0 Å². The van der Waals surface area contributed by atoms with Gasteiger partial charge in [-0.15, -0.1) is 0 Å². The largest absolute Gasteiger partial charge is 0.490 e. The zero-order valence-electron chi connectivity index (χ0n) is 12.7. The third-order valence-corrected chi connectivity index (χ3v) is 4.65. The van der Waals surface area contributed by atoms with Gasteiger partial charge in [-0.1, -0.05) is 11.6 Å². The number of hydrogen-bond acceptors (Lipinski definition) is 3. The molecule has 1 aliphatic carbocycles. The number of benzene rings is 1. The molecule has 1 saturated carbocycles. The van der Waals surface area contributed by atoms with Gasteiger partial charge in [0.15, 0.2) is 0 Å². The van der Waals surface area contributed by atoms with Crippen LogP contribution in [-0.4, -0.2) is 31.1 Å². The SMILES string of the molecule is O=C(NC1CCCNC1)c1cc(Cl)ccc1OC1CCCC1. The number of piperidine rings is 1. The van der Waals surface area contributed by atoms with Crippen LogP contribution in [0.15, 0.2) is 18.2 Å². The Labute approximate surface area is 136 Å². The molecular formula is C17H23ClN2O2. The molecule has 1 heterocycles. The van der Waals surface area contributed by atoms with Crippen LogP contribution in [0.1, 0.15) is 48.9 Å². The monoisotopic (exact) mass is 322 g/mol. The van der Waals surface area contributed by atoms with E-state index in [1.807, 2.05) is 6.07 Å². The Morgan fingerprint density at radius 2 is 2.05 bits per heavy atom. The fourth-order valence-electron chi connectivity index (χ4n) is 3.21. The lowest BCUT2D eigenvalue weighted by molar-refractivity contribution is 0.0923. The predicted molar refractivity (Wildman–Crippen MR) is 87.7 cm³/mol. The number of halogens is 1. The van der Waals surface area contributed by atoms with Crippen molar-refractivity contribution in [3.63, 3.8) is 0 Å². The van der Waals surface area contributed by atoms with Crippen molar-refractivity contribution in [2.24, 2.45) is 0 Å². The summed E-state index contributed by atoms with van der Waals surface area (Å²) in [5, 5.41) is 6.95. The molecule has 1 aliphatic heterocycles. The zero-order valence-corrected chi connectivity index (χ0v) is 13.5. The number of carbonyl (C=O) groups is 1. The van der Waals surface area contributed by atoms with Crippen molar-refractivity contribution in [2.45, 2.75) is 50.7 Å². The Morgan fingerprint density at radius 3 is 2.77 bits per heavy atom. The molecule has 120 valence electrons. The average molecular weight is 323 g/mol. The van der Waals surface area contributed by atoms with Crippen LogP contribution in [0.4, 0.5) is 0 Å². The third kappa shape index (κ3) is 3.93. The fraction of sp³-hybridized carbons (Fsp3) is 0.588. The molecule has 2 fully saturated rings. The van der Waals surface area contributed by atoms with Crippen LogP contribution in [0.2, 0.25) is 5.02 Å². The molecule has 1 atom stereocenters. The van der Waals surface area contributed by atoms with E-state index in [1.54, 1.807) is 12.1 Å². The van der Waals surface area contributed by atoms with Gasteiger partial charge in [0, 0.05) is 17.6 Å². The van der Waals surface area contributed by atoms with Gasteiger partial charge in [0.2, 0.25) is 0 Å². The molecule has 0 spiro atoms. The Morgan fingerprint density at radius 1 is 1.23 bits per heavy atom. The molecule has 2 N–H and O–H groups in total. The smallest absolute Gasteiger partial charge is 0.255 e. The lowest BCUT2D eigenvalue weighted by Crippen LogP contribution is -2.45. The Hall–Kier alpha value is -1.26. The Kier molecular flexibility index (Phi) is 5.21. The summed E-state index contributed by atoms with van der Waals surface area (Å²) in [5.41, 5.74) is 0.546. The summed E-state index contributed by atoms with van der Waals surface area (Å²) in [6, 6.07) is 5.48. The molecule has 1 aromatic rings. The third-order valence-electron chi connectivity index (χ3n) is 4.41. The summed E-state index contributed by atoms with van der Waals surface area (Å²) in [7, 11) is 0. The van der Waals surface area contributed by atoms with Crippen LogP contribution in [-0.2, 0) is 0 Å². The van der Waals surface area contributed by atoms with Crippen molar-refractivity contribution >= 4 is 17.5 Å². The van der Waals surface area contributed by atoms with E-state index in [9.17, 15) is 4.79 Å². The summed E-state index contributed by atoms with van der Waals surface area (Å²) in [4.78, 5) is 12.6. The minimum Gasteiger partial charge on any atom is -0.490 e. The van der Waals surface area contributed by atoms with Crippen molar-refractivity contribution < 1.29 is 9.53 Å². The van der Waals surface area contributed by atoms with E-state index in [1.165, 1.54) is 12.8 Å². The number of rotatable bonds is 4. The van der Waals surface area contributed by atoms with E-state index in [0.717, 1.165) is 38.8 Å². The van der Waals surface area contributed by atoms with Crippen LogP contribution in [0.5, 0.6) is 5.75 Å². The zero-order chi connectivity index (χ0) is 15.4. The molecule has 1 amide bonds. The molecule has 1 aromatic carbocycles. The molecule has 0 bridgehead atoms. The van der Waals surface area contributed by atoms with Gasteiger partial charge < -0.3 is 15.4 Å². The second-order valence-electron chi connectivity index (χ2n) is 6.18. The number of nitrogens with one attached hydrogen (secondary N) is 2. The van der Waals surface area contributed by atoms with Gasteiger partial charge in [-0.3, -0.25) is 4.79 Å². The van der Waals surface area contributed by atoms with Crippen LogP contribution in [0, 0.1) is 0 Å². The van der Waals surface area contributed by atoms with Crippen LogP contribution in [0.25, 0.3) is 0 Å². The lowest BCUT2D eigenvalue weighted by Gasteiger charge is -2.24. The van der Waals surface area contributed by atoms with Gasteiger partial charge in [-0.2, -0.15) is 0 Å². The van der Waals surface area contributed by atoms with Crippen molar-refractivity contribution in [1.82, 2.24) is 10.6 Å². The Bertz CT molecular complexity index is 523. The molecule has 0 radical (unpaired) electrons. The summed E-state index contributed by atoms with van der Waals surface area (Å²) in [6.07, 6.45) is 6.86. The normalized spacial score (nSPS) is 22.5. The molecule has 4 nitrogen and oxygen atoms in total. The maximum absolute atomic E-state index is 12.6. The number of amides is 1. The van der Waals surface area contributed by atoms with Crippen LogP contribution >= 0.6 is 11.6 Å². The first-order chi connectivity index (χ1) is 10.7. The van der Waals surface area contributed by atoms with E-state index in [-0.39, 0.29) is 18.1 Å². The lowest BCUT2D eigenvalue weighted by atomic mass is 10.1. The highest BCUT2D eigenvalue weighted by atomic mass is 35.5. The highest BCUT2D eigenvalue weighted by molar-refractivity contribution is 6.31. The average Bonchev–Trinajstić information content (AvgIpc) is 3.03. The first kappa shape index (κ1) is 15.6. The minimum absolute atomic E-state index is 0.0933. The predicted octanol–water partition coefficient (Wildman–Crippen LogP) is 3.14. The highest BCUT2D eigenvalue weighted by Crippen LogP contribution is 2.28. The van der Waals surface area contributed by atoms with Crippen molar-refractivity contribution in [3.8, 4) is 5.75 Å². The van der Waals surface area contributed by atoms with E-state index in [4.69, 9.17) is 16.3 Å². The van der Waals surface area contributed by atoms with Crippen LogP contribution in [0.3, 0.4) is 0 Å². The number of hydrogen-bond donors (Lipinski definition) is 2. The van der Waals surface area contributed by atoms with Gasteiger partial charge in [0.05, 0.1) is 11.7 Å². The number of carbonyl (C=O) groups excluding carboxylic acids is 1. The molecule has 1 saturated heterocycles. The highest BCUT2D eigenvalue weighted by Gasteiger charge is 2.22. The van der Waals surface area contributed by atoms with E-state index in [2.05, 4.69) is 10.6 Å². The molecule has 3 rings (SSSR count). The standard InChI is InChI=1S/C17H23ClN2O2/c18-12-7-8-16(22-14-5-1-2-6-14)15(10-12)17(21)20-13-4-3-9-19-11-13/h7-8,10,13-14,19H,1-6,9,11H2,(H,20,21). The second-order valence-corrected chi connectivity index (χ2v) is 6.62. The molecular weight excluding hydrogens is 300 g/mol. The summed E-state index contributed by atoms with van der Waals surface area (Å²) in [5.74, 6) is 0.557. The molecule has 5 heteroatoms. The summed E-state index contributed by atoms with van der Waals surface area (Å²) < 4.78 is 6.04. The topological polar surface area (TPSA) is 50.4 Å². The first-order valence-corrected chi connectivity index (χ1v) is 8.58. The van der Waals surface area contributed by atoms with Gasteiger partial charge in [-0.25, -0.2) is 0 Å². The van der Waals surface area contributed by atoms with E-state index in [0.29, 0.717) is 16.3 Å². The molecule has 22 heavy (non-hydrogen) atoms. The van der Waals surface area contributed by atoms with Crippen molar-refractivity contribution in [3.05, 3.63) is 28.8 Å². The fourth-order valence-corrected chi connectivity index (χ4v) is 3.38.